The van der Waals surface area contributed by atoms with E-state index in [1.54, 1.807) is 0 Å². The molecule has 1 amide bonds. The van der Waals surface area contributed by atoms with Gasteiger partial charge in [0.15, 0.2) is 0 Å². The molecule has 2 heterocycles. The van der Waals surface area contributed by atoms with Crippen LogP contribution in [0.25, 0.3) is 10.6 Å². The van der Waals surface area contributed by atoms with Gasteiger partial charge in [0.2, 0.25) is 11.0 Å². The van der Waals surface area contributed by atoms with E-state index in [0.717, 1.165) is 42.1 Å². The molecule has 1 aliphatic rings. The van der Waals surface area contributed by atoms with Gasteiger partial charge < -0.3 is 5.32 Å². The van der Waals surface area contributed by atoms with Gasteiger partial charge in [-0.15, -0.1) is 10.2 Å². The first-order chi connectivity index (χ1) is 14.1. The Morgan fingerprint density at radius 1 is 1.03 bits per heavy atom. The summed E-state index contributed by atoms with van der Waals surface area (Å²) in [5.74, 6) is -0.0202. The molecule has 1 fully saturated rings. The third kappa shape index (κ3) is 4.95. The Kier molecular flexibility index (Phi) is 6.45. The van der Waals surface area contributed by atoms with E-state index < -0.39 is 0 Å². The normalized spacial score (nSPS) is 15.4. The molecular formula is C21H20Cl2N4OS. The third-order valence-corrected chi connectivity index (χ3v) is 6.67. The fourth-order valence-corrected chi connectivity index (χ4v) is 4.71. The summed E-state index contributed by atoms with van der Waals surface area (Å²) in [6, 6.07) is 15.4. The van der Waals surface area contributed by atoms with Crippen molar-refractivity contribution >= 4 is 45.6 Å². The van der Waals surface area contributed by atoms with Crippen LogP contribution in [0.1, 0.15) is 18.4 Å². The molecule has 0 radical (unpaired) electrons. The highest BCUT2D eigenvalue weighted by molar-refractivity contribution is 7.18. The topological polar surface area (TPSA) is 58.1 Å². The van der Waals surface area contributed by atoms with Crippen LogP contribution in [0.5, 0.6) is 0 Å². The minimum atomic E-state index is -0.0305. The molecule has 5 nitrogen and oxygen atoms in total. The number of hydrogen-bond acceptors (Lipinski definition) is 5. The van der Waals surface area contributed by atoms with Gasteiger partial charge in [0.1, 0.15) is 5.01 Å². The summed E-state index contributed by atoms with van der Waals surface area (Å²) >= 11 is 13.9. The van der Waals surface area contributed by atoms with E-state index in [9.17, 15) is 4.79 Å². The zero-order valence-electron chi connectivity index (χ0n) is 15.6. The van der Waals surface area contributed by atoms with E-state index in [-0.39, 0.29) is 11.8 Å². The number of carbonyl (C=O) groups excluding carboxylic acids is 1. The number of anilines is 1. The number of rotatable bonds is 5. The van der Waals surface area contributed by atoms with Gasteiger partial charge in [0.25, 0.3) is 0 Å². The zero-order chi connectivity index (χ0) is 20.2. The van der Waals surface area contributed by atoms with E-state index in [4.69, 9.17) is 23.2 Å². The number of nitrogens with one attached hydrogen (secondary N) is 1. The Hall–Kier alpha value is -1.99. The quantitative estimate of drug-likeness (QED) is 0.572. The molecular weight excluding hydrogens is 427 g/mol. The Labute approximate surface area is 183 Å². The average molecular weight is 447 g/mol. The monoisotopic (exact) mass is 446 g/mol. The molecule has 1 saturated heterocycles. The second-order valence-electron chi connectivity index (χ2n) is 7.02. The lowest BCUT2D eigenvalue weighted by atomic mass is 9.95. The van der Waals surface area contributed by atoms with Crippen LogP contribution in [0.4, 0.5) is 5.13 Å². The van der Waals surface area contributed by atoms with Crippen LogP contribution in [0.3, 0.4) is 0 Å². The van der Waals surface area contributed by atoms with E-state index in [1.165, 1.54) is 11.3 Å². The van der Waals surface area contributed by atoms with Crippen molar-refractivity contribution in [1.29, 1.82) is 0 Å². The maximum atomic E-state index is 12.7. The minimum Gasteiger partial charge on any atom is -0.300 e. The molecule has 150 valence electrons. The van der Waals surface area contributed by atoms with E-state index >= 15 is 0 Å². The molecule has 0 unspecified atom stereocenters. The molecule has 1 N–H and O–H groups in total. The number of aromatic nitrogens is 2. The smallest absolute Gasteiger partial charge is 0.229 e. The lowest BCUT2D eigenvalue weighted by molar-refractivity contribution is -0.121. The Morgan fingerprint density at radius 2 is 1.72 bits per heavy atom. The summed E-state index contributed by atoms with van der Waals surface area (Å²) in [5, 5.41) is 13.9. The summed E-state index contributed by atoms with van der Waals surface area (Å²) in [4.78, 5) is 14.9. The molecule has 1 aromatic heterocycles. The van der Waals surface area contributed by atoms with Crippen molar-refractivity contribution in [2.24, 2.45) is 5.92 Å². The van der Waals surface area contributed by atoms with Gasteiger partial charge in [-0.25, -0.2) is 0 Å². The molecule has 3 aromatic rings. The average Bonchev–Trinajstić information content (AvgIpc) is 3.20. The van der Waals surface area contributed by atoms with Crippen LogP contribution in [0, 0.1) is 5.92 Å². The molecule has 0 aliphatic carbocycles. The van der Waals surface area contributed by atoms with Crippen LogP contribution in [-0.4, -0.2) is 34.1 Å². The Balaban J connectivity index is 1.31. The van der Waals surface area contributed by atoms with E-state index in [1.807, 2.05) is 48.5 Å². The SMILES string of the molecule is O=C(Nc1nnc(-c2ccccc2)s1)C1CCN(Cc2c(Cl)cccc2Cl)CC1. The standard InChI is InChI=1S/C21H20Cl2N4OS/c22-17-7-4-8-18(23)16(17)13-27-11-9-14(10-12-27)19(28)24-21-26-25-20(29-21)15-5-2-1-3-6-15/h1-8,14H,9-13H2,(H,24,26,28). The molecule has 0 atom stereocenters. The second-order valence-corrected chi connectivity index (χ2v) is 8.81. The number of hydrogen-bond donors (Lipinski definition) is 1. The van der Waals surface area contributed by atoms with E-state index in [2.05, 4.69) is 20.4 Å². The first kappa shape index (κ1) is 20.3. The number of nitrogens with zero attached hydrogens (tertiary/aromatic N) is 3. The predicted octanol–water partition coefficient (Wildman–Crippen LogP) is 5.36. The number of piperidine rings is 1. The fourth-order valence-electron chi connectivity index (χ4n) is 3.44. The zero-order valence-corrected chi connectivity index (χ0v) is 18.0. The maximum Gasteiger partial charge on any atom is 0.229 e. The number of benzene rings is 2. The highest BCUT2D eigenvalue weighted by atomic mass is 35.5. The summed E-state index contributed by atoms with van der Waals surface area (Å²) in [6.07, 6.45) is 1.58. The predicted molar refractivity (Wildman–Crippen MR) is 118 cm³/mol. The number of likely N-dealkylation sites (tertiary alicyclic amines) is 1. The van der Waals surface area contributed by atoms with Crippen molar-refractivity contribution in [3.8, 4) is 10.6 Å². The van der Waals surface area contributed by atoms with Gasteiger partial charge >= 0.3 is 0 Å². The number of amides is 1. The summed E-state index contributed by atoms with van der Waals surface area (Å²) < 4.78 is 0. The minimum absolute atomic E-state index is 0.0104. The molecule has 29 heavy (non-hydrogen) atoms. The van der Waals surface area contributed by atoms with Crippen LogP contribution < -0.4 is 5.32 Å². The van der Waals surface area contributed by atoms with Gasteiger partial charge in [-0.1, -0.05) is 70.9 Å². The first-order valence-electron chi connectivity index (χ1n) is 9.45. The fraction of sp³-hybridized carbons (Fsp3) is 0.286. The van der Waals surface area contributed by atoms with Crippen molar-refractivity contribution in [2.75, 3.05) is 18.4 Å². The molecule has 0 spiro atoms. The van der Waals surface area contributed by atoms with E-state index in [0.29, 0.717) is 21.7 Å². The van der Waals surface area contributed by atoms with Crippen LogP contribution in [0.2, 0.25) is 10.0 Å². The lowest BCUT2D eigenvalue weighted by Crippen LogP contribution is -2.37. The summed E-state index contributed by atoms with van der Waals surface area (Å²) in [5.41, 5.74) is 1.94. The largest absolute Gasteiger partial charge is 0.300 e. The van der Waals surface area contributed by atoms with Gasteiger partial charge in [0.05, 0.1) is 0 Å². The van der Waals surface area contributed by atoms with Crippen LogP contribution in [0.15, 0.2) is 48.5 Å². The number of carbonyl (C=O) groups is 1. The van der Waals surface area contributed by atoms with Crippen molar-refractivity contribution in [3.05, 3.63) is 64.1 Å². The van der Waals surface area contributed by atoms with Gasteiger partial charge in [-0.3, -0.25) is 9.69 Å². The number of halogens is 2. The summed E-state index contributed by atoms with van der Waals surface area (Å²) in [6.45, 7) is 2.35. The molecule has 1 aliphatic heterocycles. The van der Waals surface area contributed by atoms with Gasteiger partial charge in [-0.2, -0.15) is 0 Å². The highest BCUT2D eigenvalue weighted by Gasteiger charge is 2.26. The summed E-state index contributed by atoms with van der Waals surface area (Å²) in [7, 11) is 0. The van der Waals surface area contributed by atoms with Crippen molar-refractivity contribution < 1.29 is 4.79 Å². The highest BCUT2D eigenvalue weighted by Crippen LogP contribution is 2.29. The molecule has 8 heteroatoms. The van der Waals surface area contributed by atoms with Crippen molar-refractivity contribution in [3.63, 3.8) is 0 Å². The van der Waals surface area contributed by atoms with Gasteiger partial charge in [0, 0.05) is 33.6 Å². The molecule has 4 rings (SSSR count). The molecule has 2 aromatic carbocycles. The first-order valence-corrected chi connectivity index (χ1v) is 11.0. The van der Waals surface area contributed by atoms with Crippen LogP contribution in [-0.2, 0) is 11.3 Å². The lowest BCUT2D eigenvalue weighted by Gasteiger charge is -2.31. The Bertz CT molecular complexity index is 967. The van der Waals surface area contributed by atoms with Gasteiger partial charge in [-0.05, 0) is 38.1 Å². The Morgan fingerprint density at radius 3 is 2.41 bits per heavy atom. The van der Waals surface area contributed by atoms with Crippen molar-refractivity contribution in [1.82, 2.24) is 15.1 Å². The molecule has 0 saturated carbocycles. The van der Waals surface area contributed by atoms with Crippen molar-refractivity contribution in [2.45, 2.75) is 19.4 Å². The maximum absolute atomic E-state index is 12.7. The van der Waals surface area contributed by atoms with Crippen LogP contribution >= 0.6 is 34.5 Å². The second kappa shape index (κ2) is 9.22. The molecule has 0 bridgehead atoms. The third-order valence-electron chi connectivity index (χ3n) is 5.08.